The van der Waals surface area contributed by atoms with Gasteiger partial charge in [-0.3, -0.25) is 4.68 Å². The van der Waals surface area contributed by atoms with Gasteiger partial charge in [0.15, 0.2) is 0 Å². The number of aromatic nitrogens is 2. The van der Waals surface area contributed by atoms with Crippen LogP contribution in [0.15, 0.2) is 29.9 Å². The molecular formula is C12H12N2OS2. The van der Waals surface area contributed by atoms with E-state index in [0.717, 1.165) is 17.0 Å². The van der Waals surface area contributed by atoms with Crippen LogP contribution in [0.25, 0.3) is 9.40 Å². The van der Waals surface area contributed by atoms with Crippen LogP contribution in [0, 0.1) is 0 Å². The molecule has 3 heterocycles. The van der Waals surface area contributed by atoms with Crippen LogP contribution in [-0.2, 0) is 6.54 Å². The summed E-state index contributed by atoms with van der Waals surface area (Å²) in [6.07, 6.45) is 3.08. The Kier molecular flexibility index (Phi) is 2.74. The molecule has 17 heavy (non-hydrogen) atoms. The van der Waals surface area contributed by atoms with Crippen molar-refractivity contribution in [1.82, 2.24) is 9.78 Å². The molecule has 0 aliphatic heterocycles. The second-order valence-electron chi connectivity index (χ2n) is 3.83. The van der Waals surface area contributed by atoms with Gasteiger partial charge in [-0.15, -0.1) is 22.7 Å². The van der Waals surface area contributed by atoms with Crippen LogP contribution < -0.4 is 0 Å². The summed E-state index contributed by atoms with van der Waals surface area (Å²) in [5, 5.41) is 16.5. The zero-order chi connectivity index (χ0) is 11.8. The molecule has 3 aromatic rings. The Morgan fingerprint density at radius 3 is 3.06 bits per heavy atom. The monoisotopic (exact) mass is 264 g/mol. The van der Waals surface area contributed by atoms with Gasteiger partial charge in [-0.05, 0) is 24.4 Å². The fourth-order valence-electron chi connectivity index (χ4n) is 1.78. The first-order chi connectivity index (χ1) is 8.28. The Hall–Kier alpha value is -1.17. The molecule has 0 aliphatic carbocycles. The van der Waals surface area contributed by atoms with Gasteiger partial charge < -0.3 is 5.11 Å². The standard InChI is InChI=1S/C12H12N2OS2/c1-2-14-7-8(6-13-14)12(15)11-5-10-9(17-11)3-4-16-10/h3-7,12,15H,2H2,1H3. The number of nitrogens with zero attached hydrogens (tertiary/aromatic N) is 2. The molecular weight excluding hydrogens is 252 g/mol. The van der Waals surface area contributed by atoms with Crippen LogP contribution in [0.4, 0.5) is 0 Å². The minimum absolute atomic E-state index is 0.556. The van der Waals surface area contributed by atoms with Gasteiger partial charge in [-0.25, -0.2) is 0 Å². The highest BCUT2D eigenvalue weighted by molar-refractivity contribution is 7.26. The molecule has 0 saturated heterocycles. The third-order valence-corrected chi connectivity index (χ3v) is 4.87. The zero-order valence-corrected chi connectivity index (χ0v) is 11.0. The van der Waals surface area contributed by atoms with Crippen molar-refractivity contribution in [2.24, 2.45) is 0 Å². The van der Waals surface area contributed by atoms with Gasteiger partial charge in [0.05, 0.1) is 6.20 Å². The summed E-state index contributed by atoms with van der Waals surface area (Å²) in [6.45, 7) is 2.86. The van der Waals surface area contributed by atoms with E-state index >= 15 is 0 Å². The fraction of sp³-hybridized carbons (Fsp3) is 0.250. The maximum atomic E-state index is 10.3. The minimum Gasteiger partial charge on any atom is -0.383 e. The van der Waals surface area contributed by atoms with Crippen molar-refractivity contribution >= 4 is 32.1 Å². The van der Waals surface area contributed by atoms with Gasteiger partial charge in [-0.1, -0.05) is 0 Å². The summed E-state index contributed by atoms with van der Waals surface area (Å²) in [7, 11) is 0. The zero-order valence-electron chi connectivity index (χ0n) is 9.33. The number of thiophene rings is 2. The second kappa shape index (κ2) is 4.25. The Bertz CT molecular complexity index is 609. The maximum absolute atomic E-state index is 10.3. The lowest BCUT2D eigenvalue weighted by atomic mass is 10.2. The molecule has 0 saturated carbocycles. The van der Waals surface area contributed by atoms with Crippen molar-refractivity contribution in [3.63, 3.8) is 0 Å². The highest BCUT2D eigenvalue weighted by Gasteiger charge is 2.15. The van der Waals surface area contributed by atoms with Crippen LogP contribution >= 0.6 is 22.7 Å². The molecule has 0 spiro atoms. The quantitative estimate of drug-likeness (QED) is 0.788. The van der Waals surface area contributed by atoms with Gasteiger partial charge in [0.25, 0.3) is 0 Å². The molecule has 0 aromatic carbocycles. The molecule has 88 valence electrons. The highest BCUT2D eigenvalue weighted by Crippen LogP contribution is 2.35. The Morgan fingerprint density at radius 2 is 2.35 bits per heavy atom. The number of hydrogen-bond acceptors (Lipinski definition) is 4. The average molecular weight is 264 g/mol. The Balaban J connectivity index is 1.95. The Morgan fingerprint density at radius 1 is 1.47 bits per heavy atom. The van der Waals surface area contributed by atoms with Gasteiger partial charge in [0, 0.05) is 32.6 Å². The van der Waals surface area contributed by atoms with E-state index in [1.807, 2.05) is 17.8 Å². The van der Waals surface area contributed by atoms with Crippen molar-refractivity contribution < 1.29 is 5.11 Å². The van der Waals surface area contributed by atoms with E-state index < -0.39 is 6.10 Å². The molecule has 5 heteroatoms. The van der Waals surface area contributed by atoms with E-state index in [9.17, 15) is 5.11 Å². The lowest BCUT2D eigenvalue weighted by molar-refractivity contribution is 0.224. The maximum Gasteiger partial charge on any atom is 0.116 e. The molecule has 0 aliphatic rings. The van der Waals surface area contributed by atoms with Crippen LogP contribution in [0.1, 0.15) is 23.5 Å². The predicted molar refractivity (Wildman–Crippen MR) is 71.7 cm³/mol. The van der Waals surface area contributed by atoms with Crippen LogP contribution in [0.3, 0.4) is 0 Å². The van der Waals surface area contributed by atoms with Gasteiger partial charge in [0.2, 0.25) is 0 Å². The summed E-state index contributed by atoms with van der Waals surface area (Å²) >= 11 is 3.36. The van der Waals surface area contributed by atoms with Gasteiger partial charge >= 0.3 is 0 Å². The molecule has 0 radical (unpaired) electrons. The summed E-state index contributed by atoms with van der Waals surface area (Å²) in [4.78, 5) is 0.988. The third kappa shape index (κ3) is 1.90. The Labute approximate surface area is 107 Å². The summed E-state index contributed by atoms with van der Waals surface area (Å²) in [5.41, 5.74) is 0.862. The van der Waals surface area contributed by atoms with E-state index in [-0.39, 0.29) is 0 Å². The molecule has 3 aromatic heterocycles. The SMILES string of the molecule is CCn1cc(C(O)c2cc3sccc3s2)cn1. The average Bonchev–Trinajstić information content (AvgIpc) is 3.02. The molecule has 0 fully saturated rings. The molecule has 0 amide bonds. The fourth-order valence-corrected chi connectivity index (χ4v) is 3.91. The van der Waals surface area contributed by atoms with Crippen molar-refractivity contribution in [2.45, 2.75) is 19.6 Å². The molecule has 3 nitrogen and oxygen atoms in total. The lowest BCUT2D eigenvalue weighted by Crippen LogP contribution is -1.96. The number of fused-ring (bicyclic) bond motifs is 1. The molecule has 3 rings (SSSR count). The summed E-state index contributed by atoms with van der Waals surface area (Å²) in [6, 6.07) is 4.16. The van der Waals surface area contributed by atoms with E-state index in [2.05, 4.69) is 22.6 Å². The van der Waals surface area contributed by atoms with Crippen LogP contribution in [-0.4, -0.2) is 14.9 Å². The predicted octanol–water partition coefficient (Wildman–Crippen LogP) is 3.26. The smallest absolute Gasteiger partial charge is 0.116 e. The van der Waals surface area contributed by atoms with Crippen molar-refractivity contribution in [3.8, 4) is 0 Å². The normalized spacial score (nSPS) is 13.3. The van der Waals surface area contributed by atoms with E-state index in [4.69, 9.17) is 0 Å². The van der Waals surface area contributed by atoms with Crippen molar-refractivity contribution in [1.29, 1.82) is 0 Å². The summed E-state index contributed by atoms with van der Waals surface area (Å²) in [5.74, 6) is 0. The molecule has 1 atom stereocenters. The van der Waals surface area contributed by atoms with Gasteiger partial charge in [0.1, 0.15) is 6.10 Å². The molecule has 1 N–H and O–H groups in total. The van der Waals surface area contributed by atoms with E-state index in [1.54, 1.807) is 28.9 Å². The number of rotatable bonds is 3. The topological polar surface area (TPSA) is 38.0 Å². The highest BCUT2D eigenvalue weighted by atomic mass is 32.1. The largest absolute Gasteiger partial charge is 0.383 e. The van der Waals surface area contributed by atoms with Crippen LogP contribution in [0.5, 0.6) is 0 Å². The van der Waals surface area contributed by atoms with Crippen molar-refractivity contribution in [3.05, 3.63) is 40.3 Å². The first-order valence-electron chi connectivity index (χ1n) is 5.45. The van der Waals surface area contributed by atoms with Crippen molar-refractivity contribution in [2.75, 3.05) is 0 Å². The number of aliphatic hydroxyl groups excluding tert-OH is 1. The molecule has 1 unspecified atom stereocenters. The minimum atomic E-state index is -0.556. The third-order valence-electron chi connectivity index (χ3n) is 2.72. The number of hydrogen-bond donors (Lipinski definition) is 1. The van der Waals surface area contributed by atoms with Gasteiger partial charge in [-0.2, -0.15) is 5.10 Å². The second-order valence-corrected chi connectivity index (χ2v) is 5.89. The molecule has 0 bridgehead atoms. The first-order valence-corrected chi connectivity index (χ1v) is 7.15. The summed E-state index contributed by atoms with van der Waals surface area (Å²) < 4.78 is 4.31. The number of aliphatic hydroxyl groups is 1. The first kappa shape index (κ1) is 11.0. The van der Waals surface area contributed by atoms with E-state index in [1.165, 1.54) is 9.40 Å². The number of aryl methyl sites for hydroxylation is 1. The lowest BCUT2D eigenvalue weighted by Gasteiger charge is -2.04. The van der Waals surface area contributed by atoms with Crippen LogP contribution in [0.2, 0.25) is 0 Å². The van der Waals surface area contributed by atoms with E-state index in [0.29, 0.717) is 0 Å².